The van der Waals surface area contributed by atoms with Crippen molar-refractivity contribution in [1.82, 2.24) is 0 Å². The zero-order valence-corrected chi connectivity index (χ0v) is 24.8. The zero-order chi connectivity index (χ0) is 27.4. The summed E-state index contributed by atoms with van der Waals surface area (Å²) < 4.78 is 25.9. The van der Waals surface area contributed by atoms with Gasteiger partial charge in [-0.05, 0) is 84.4 Å². The van der Waals surface area contributed by atoms with Crippen LogP contribution in [0.3, 0.4) is 0 Å². The second kappa shape index (κ2) is 14.8. The van der Waals surface area contributed by atoms with E-state index in [-0.39, 0.29) is 0 Å². The number of hydrogen-bond acceptors (Lipinski definition) is 8. The molecule has 0 fully saturated rings. The van der Waals surface area contributed by atoms with Crippen LogP contribution >= 0.6 is 31.9 Å². The molecule has 2 rings (SSSR count). The summed E-state index contributed by atoms with van der Waals surface area (Å²) in [6.07, 6.45) is -2.12. The molecule has 0 radical (unpaired) electrons. The third-order valence-corrected chi connectivity index (χ3v) is 4.50. The molecule has 196 valence electrons. The van der Waals surface area contributed by atoms with E-state index in [4.69, 9.17) is 24.7 Å². The lowest BCUT2D eigenvalue weighted by atomic mass is 10.2. The van der Waals surface area contributed by atoms with Crippen LogP contribution in [-0.2, 0) is 14.2 Å². The van der Waals surface area contributed by atoms with Crippen LogP contribution in [0.25, 0.3) is 0 Å². The number of benzene rings is 2. The lowest BCUT2D eigenvalue weighted by Crippen LogP contribution is -2.29. The Bertz CT molecular complexity index is 890. The summed E-state index contributed by atoms with van der Waals surface area (Å²) in [7, 11) is 3.27. The molecule has 0 spiro atoms. The van der Waals surface area contributed by atoms with E-state index in [1.54, 1.807) is 61.8 Å². The maximum absolute atomic E-state index is 11.0. The van der Waals surface area contributed by atoms with Gasteiger partial charge in [-0.15, -0.1) is 0 Å². The number of methoxy groups -OCH3 is 2. The van der Waals surface area contributed by atoms with Crippen LogP contribution in [0.4, 0.5) is 15.3 Å². The summed E-state index contributed by atoms with van der Waals surface area (Å²) >= 11 is 6.66. The van der Waals surface area contributed by atoms with Crippen molar-refractivity contribution in [3.8, 4) is 11.5 Å². The highest BCUT2D eigenvalue weighted by Gasteiger charge is 2.24. The predicted octanol–water partition coefficient (Wildman–Crippen LogP) is 7.68. The average Bonchev–Trinajstić information content (AvgIpc) is 2.69. The van der Waals surface area contributed by atoms with E-state index in [1.165, 1.54) is 0 Å². The molecule has 0 aliphatic heterocycles. The second-order valence-corrected chi connectivity index (χ2v) is 10.9. The first-order chi connectivity index (χ1) is 16.0. The standard InChI is InChI=1S/C10H18O5.C8H9BrO.C7H8BrNO/c1-9(2,3)14-7(11)13-8(12)15-10(4,5)6;1-6-3-4-7(9)5-8(6)10-2;1-10-7-4-5(8)2-3-6(7)9/h1-6H3;3-5H,1-2H3;2-4H,9H2,1H3. The lowest BCUT2D eigenvalue weighted by Gasteiger charge is -2.20. The molecule has 0 amide bonds. The predicted molar refractivity (Wildman–Crippen MR) is 144 cm³/mol. The Morgan fingerprint density at radius 3 is 1.49 bits per heavy atom. The summed E-state index contributed by atoms with van der Waals surface area (Å²) in [5.74, 6) is 1.63. The van der Waals surface area contributed by atoms with Crippen LogP contribution < -0.4 is 15.2 Å². The smallest absolute Gasteiger partial charge is 0.496 e. The minimum atomic E-state index is -1.06. The Morgan fingerprint density at radius 1 is 0.743 bits per heavy atom. The summed E-state index contributed by atoms with van der Waals surface area (Å²) in [5, 5.41) is 0. The SMILES string of the molecule is CC(C)(C)OC(=O)OC(=O)OC(C)(C)C.COc1cc(Br)ccc1C.COc1cc(Br)ccc1N. The molecule has 0 heterocycles. The van der Waals surface area contributed by atoms with Gasteiger partial charge in [-0.1, -0.05) is 37.9 Å². The molecule has 0 unspecified atom stereocenters. The Morgan fingerprint density at radius 2 is 1.14 bits per heavy atom. The highest BCUT2D eigenvalue weighted by Crippen LogP contribution is 2.24. The number of rotatable bonds is 2. The van der Waals surface area contributed by atoms with Crippen LogP contribution in [0.5, 0.6) is 11.5 Å². The maximum atomic E-state index is 11.0. The second-order valence-electron chi connectivity index (χ2n) is 9.03. The number of ether oxygens (including phenoxy) is 5. The van der Waals surface area contributed by atoms with E-state index >= 15 is 0 Å². The van der Waals surface area contributed by atoms with Crippen LogP contribution in [0, 0.1) is 6.92 Å². The maximum Gasteiger partial charge on any atom is 0.519 e. The van der Waals surface area contributed by atoms with Gasteiger partial charge in [0.05, 0.1) is 19.9 Å². The summed E-state index contributed by atoms with van der Waals surface area (Å²) in [6, 6.07) is 11.5. The van der Waals surface area contributed by atoms with Gasteiger partial charge in [-0.3, -0.25) is 0 Å². The number of nitrogen functional groups attached to an aromatic ring is 1. The molecule has 0 saturated carbocycles. The minimum absolute atomic E-state index is 0.658. The molecule has 2 aromatic rings. The molecule has 35 heavy (non-hydrogen) atoms. The number of hydrogen-bond donors (Lipinski definition) is 1. The Balaban J connectivity index is 0.000000510. The van der Waals surface area contributed by atoms with Crippen molar-refractivity contribution in [3.63, 3.8) is 0 Å². The minimum Gasteiger partial charge on any atom is -0.496 e. The van der Waals surface area contributed by atoms with E-state index in [9.17, 15) is 9.59 Å². The first-order valence-electron chi connectivity index (χ1n) is 10.5. The fourth-order valence-electron chi connectivity index (χ4n) is 2.09. The molecule has 0 aliphatic carbocycles. The average molecular weight is 621 g/mol. The molecule has 0 aliphatic rings. The van der Waals surface area contributed by atoms with Gasteiger partial charge in [0.25, 0.3) is 0 Å². The van der Waals surface area contributed by atoms with Crippen molar-refractivity contribution in [1.29, 1.82) is 0 Å². The summed E-state index contributed by atoms with van der Waals surface area (Å²) in [5.41, 5.74) is 5.98. The largest absolute Gasteiger partial charge is 0.519 e. The van der Waals surface area contributed by atoms with Gasteiger partial charge in [-0.25, -0.2) is 9.59 Å². The van der Waals surface area contributed by atoms with Crippen molar-refractivity contribution >= 4 is 49.9 Å². The Kier molecular flexibility index (Phi) is 13.8. The first-order valence-corrected chi connectivity index (χ1v) is 12.1. The van der Waals surface area contributed by atoms with Gasteiger partial charge in [0, 0.05) is 8.95 Å². The first kappa shape index (κ1) is 32.5. The fraction of sp³-hybridized carbons (Fsp3) is 0.440. The Labute approximate surface area is 224 Å². The van der Waals surface area contributed by atoms with E-state index < -0.39 is 23.5 Å². The molecule has 8 nitrogen and oxygen atoms in total. The monoisotopic (exact) mass is 619 g/mol. The number of aryl methyl sites for hydroxylation is 1. The topological polar surface area (TPSA) is 106 Å². The third-order valence-electron chi connectivity index (χ3n) is 3.51. The van der Waals surface area contributed by atoms with Crippen molar-refractivity contribution in [2.75, 3.05) is 20.0 Å². The van der Waals surface area contributed by atoms with Crippen LogP contribution in [0.2, 0.25) is 0 Å². The van der Waals surface area contributed by atoms with Crippen LogP contribution in [-0.4, -0.2) is 37.7 Å². The van der Waals surface area contributed by atoms with E-state index in [0.717, 1.165) is 20.3 Å². The van der Waals surface area contributed by atoms with E-state index in [0.29, 0.717) is 11.4 Å². The highest BCUT2D eigenvalue weighted by atomic mass is 79.9. The highest BCUT2D eigenvalue weighted by molar-refractivity contribution is 9.10. The molecule has 0 bridgehead atoms. The molecular weight excluding hydrogens is 586 g/mol. The molecule has 10 heteroatoms. The molecule has 0 saturated heterocycles. The number of anilines is 1. The van der Waals surface area contributed by atoms with Gasteiger partial charge < -0.3 is 29.4 Å². The quantitative estimate of drug-likeness (QED) is 0.207. The van der Waals surface area contributed by atoms with Gasteiger partial charge >= 0.3 is 12.3 Å². The van der Waals surface area contributed by atoms with Gasteiger partial charge in [0.2, 0.25) is 0 Å². The van der Waals surface area contributed by atoms with Gasteiger partial charge in [-0.2, -0.15) is 0 Å². The van der Waals surface area contributed by atoms with Crippen LogP contribution in [0.1, 0.15) is 47.1 Å². The molecule has 2 N–H and O–H groups in total. The molecule has 0 aromatic heterocycles. The number of nitrogens with two attached hydrogens (primary N) is 1. The van der Waals surface area contributed by atoms with Gasteiger partial charge in [0.15, 0.2) is 0 Å². The number of carbonyl (C=O) groups excluding carboxylic acids is 2. The number of carbonyl (C=O) groups is 2. The van der Waals surface area contributed by atoms with E-state index in [2.05, 4.69) is 36.6 Å². The zero-order valence-electron chi connectivity index (χ0n) is 21.7. The number of halogens is 2. The lowest BCUT2D eigenvalue weighted by molar-refractivity contribution is -0.0293. The van der Waals surface area contributed by atoms with Crippen molar-refractivity contribution in [2.24, 2.45) is 0 Å². The van der Waals surface area contributed by atoms with Crippen LogP contribution in [0.15, 0.2) is 45.3 Å². The normalized spacial score (nSPS) is 10.5. The molecule has 2 aromatic carbocycles. The third kappa shape index (κ3) is 15.9. The van der Waals surface area contributed by atoms with Crippen molar-refractivity contribution < 1.29 is 33.3 Å². The van der Waals surface area contributed by atoms with Gasteiger partial charge in [0.1, 0.15) is 22.7 Å². The van der Waals surface area contributed by atoms with Crippen molar-refractivity contribution in [2.45, 2.75) is 59.7 Å². The summed E-state index contributed by atoms with van der Waals surface area (Å²) in [6.45, 7) is 12.0. The molecule has 0 atom stereocenters. The fourth-order valence-corrected chi connectivity index (χ4v) is 2.77. The molecular formula is C25H35Br2NO7. The van der Waals surface area contributed by atoms with E-state index in [1.807, 2.05) is 37.3 Å². The van der Waals surface area contributed by atoms with Crippen molar-refractivity contribution in [3.05, 3.63) is 50.9 Å². The Hall–Kier alpha value is -2.46. The summed E-state index contributed by atoms with van der Waals surface area (Å²) in [4.78, 5) is 22.0.